The van der Waals surface area contributed by atoms with E-state index in [1.54, 1.807) is 18.3 Å². The van der Waals surface area contributed by atoms with Crippen molar-refractivity contribution in [3.63, 3.8) is 0 Å². The maximum atomic E-state index is 11.4. The molecule has 0 spiro atoms. The van der Waals surface area contributed by atoms with Crippen LogP contribution in [0.3, 0.4) is 0 Å². The van der Waals surface area contributed by atoms with Gasteiger partial charge in [0, 0.05) is 18.2 Å². The van der Waals surface area contributed by atoms with Crippen LogP contribution in [0.1, 0.15) is 29.0 Å². The summed E-state index contributed by atoms with van der Waals surface area (Å²) in [6, 6.07) is 9.37. The molecule has 0 amide bonds. The maximum Gasteiger partial charge on any atom is 0.311 e. The molecule has 1 unspecified atom stereocenters. The van der Waals surface area contributed by atoms with E-state index in [2.05, 4.69) is 11.6 Å². The number of benzene rings is 1. The van der Waals surface area contributed by atoms with E-state index in [1.807, 2.05) is 24.3 Å². The van der Waals surface area contributed by atoms with Crippen molar-refractivity contribution in [2.24, 2.45) is 0 Å². The van der Waals surface area contributed by atoms with Crippen LogP contribution < -0.4 is 4.74 Å². The molecule has 1 aliphatic rings. The van der Waals surface area contributed by atoms with E-state index in [0.717, 1.165) is 22.4 Å². The van der Waals surface area contributed by atoms with Gasteiger partial charge in [-0.15, -0.1) is 6.58 Å². The number of aliphatic carboxylic acids is 1. The first-order valence-electron chi connectivity index (χ1n) is 6.77. The lowest BCUT2D eigenvalue weighted by molar-refractivity contribution is -0.138. The maximum absolute atomic E-state index is 11.4. The molecule has 3 rings (SSSR count). The van der Waals surface area contributed by atoms with Crippen LogP contribution >= 0.6 is 0 Å². The lowest BCUT2D eigenvalue weighted by Gasteiger charge is -2.20. The Hall–Kier alpha value is -2.62. The molecule has 1 aromatic heterocycles. The second-order valence-electron chi connectivity index (χ2n) is 5.03. The van der Waals surface area contributed by atoms with Crippen molar-refractivity contribution < 1.29 is 14.6 Å². The van der Waals surface area contributed by atoms with Gasteiger partial charge in [0.25, 0.3) is 0 Å². The number of carbonyl (C=O) groups is 1. The number of fused-ring (bicyclic) bond motifs is 2. The van der Waals surface area contributed by atoms with Crippen LogP contribution in [0.2, 0.25) is 0 Å². The van der Waals surface area contributed by atoms with Crippen molar-refractivity contribution >= 4 is 5.97 Å². The fourth-order valence-electron chi connectivity index (χ4n) is 2.56. The van der Waals surface area contributed by atoms with Gasteiger partial charge in [0.15, 0.2) is 0 Å². The number of ether oxygens (including phenoxy) is 1. The average Bonchev–Trinajstić information content (AvgIpc) is 2.49. The number of allylic oxidation sites excluding steroid dienone is 1. The third kappa shape index (κ3) is 2.52. The Balaban J connectivity index is 1.96. The minimum Gasteiger partial charge on any atom is -0.481 e. The van der Waals surface area contributed by atoms with Crippen molar-refractivity contribution in [1.29, 1.82) is 0 Å². The minimum absolute atomic E-state index is 0.410. The molecular weight excluding hydrogens is 266 g/mol. The van der Waals surface area contributed by atoms with E-state index in [1.165, 1.54) is 0 Å². The Kier molecular flexibility index (Phi) is 3.44. The number of carboxylic acids is 1. The first kappa shape index (κ1) is 13.4. The van der Waals surface area contributed by atoms with Crippen LogP contribution in [-0.4, -0.2) is 16.1 Å². The van der Waals surface area contributed by atoms with Crippen molar-refractivity contribution in [3.05, 3.63) is 65.9 Å². The molecule has 1 N–H and O–H groups in total. The molecule has 0 fully saturated rings. The topological polar surface area (TPSA) is 59.4 Å². The molecule has 0 aliphatic carbocycles. The first-order valence-corrected chi connectivity index (χ1v) is 6.77. The van der Waals surface area contributed by atoms with Crippen molar-refractivity contribution in [3.8, 4) is 11.6 Å². The van der Waals surface area contributed by atoms with Crippen LogP contribution in [-0.2, 0) is 11.2 Å². The summed E-state index contributed by atoms with van der Waals surface area (Å²) in [5.74, 6) is -0.0388. The van der Waals surface area contributed by atoms with Gasteiger partial charge in [0.1, 0.15) is 5.75 Å². The van der Waals surface area contributed by atoms with E-state index in [9.17, 15) is 9.90 Å². The summed E-state index contributed by atoms with van der Waals surface area (Å²) in [5, 5.41) is 9.33. The van der Waals surface area contributed by atoms with Gasteiger partial charge in [0.05, 0.1) is 5.92 Å². The monoisotopic (exact) mass is 281 g/mol. The van der Waals surface area contributed by atoms with Crippen molar-refractivity contribution in [2.75, 3.05) is 0 Å². The van der Waals surface area contributed by atoms with Crippen LogP contribution in [0.15, 0.2) is 49.2 Å². The first-order chi connectivity index (χ1) is 10.2. The molecule has 0 saturated carbocycles. The van der Waals surface area contributed by atoms with E-state index in [-0.39, 0.29) is 0 Å². The zero-order valence-electron chi connectivity index (χ0n) is 11.5. The highest BCUT2D eigenvalue weighted by Crippen LogP contribution is 2.36. The highest BCUT2D eigenvalue weighted by molar-refractivity contribution is 5.76. The third-order valence-electron chi connectivity index (χ3n) is 3.62. The SMILES string of the molecule is C=CCC(C(=O)O)c1ccc2c(c1)Cc1cccnc1O2. The predicted octanol–water partition coefficient (Wildman–Crippen LogP) is 3.52. The summed E-state index contributed by atoms with van der Waals surface area (Å²) in [7, 11) is 0. The molecular formula is C17H15NO3. The van der Waals surface area contributed by atoms with Gasteiger partial charge in [-0.2, -0.15) is 0 Å². The Morgan fingerprint density at radius 3 is 3.05 bits per heavy atom. The van der Waals surface area contributed by atoms with E-state index < -0.39 is 11.9 Å². The quantitative estimate of drug-likeness (QED) is 0.743. The van der Waals surface area contributed by atoms with E-state index in [0.29, 0.717) is 18.7 Å². The smallest absolute Gasteiger partial charge is 0.311 e. The number of hydrogen-bond acceptors (Lipinski definition) is 3. The predicted molar refractivity (Wildman–Crippen MR) is 78.7 cm³/mol. The number of aromatic nitrogens is 1. The number of rotatable bonds is 4. The molecule has 0 bridgehead atoms. The summed E-state index contributed by atoms with van der Waals surface area (Å²) in [4.78, 5) is 15.6. The summed E-state index contributed by atoms with van der Waals surface area (Å²) >= 11 is 0. The number of carboxylic acid groups (broad SMARTS) is 1. The molecule has 0 radical (unpaired) electrons. The molecule has 1 aliphatic heterocycles. The fourth-order valence-corrected chi connectivity index (χ4v) is 2.56. The van der Waals surface area contributed by atoms with E-state index >= 15 is 0 Å². The summed E-state index contributed by atoms with van der Waals surface area (Å²) in [6.07, 6.45) is 4.44. The molecule has 106 valence electrons. The minimum atomic E-state index is -0.839. The second kappa shape index (κ2) is 5.40. The summed E-state index contributed by atoms with van der Waals surface area (Å²) < 4.78 is 5.75. The van der Waals surface area contributed by atoms with Crippen LogP contribution in [0.4, 0.5) is 0 Å². The third-order valence-corrected chi connectivity index (χ3v) is 3.62. The molecule has 2 heterocycles. The van der Waals surface area contributed by atoms with Crippen LogP contribution in [0.25, 0.3) is 0 Å². The van der Waals surface area contributed by atoms with Gasteiger partial charge in [0.2, 0.25) is 5.88 Å². The summed E-state index contributed by atoms with van der Waals surface area (Å²) in [6.45, 7) is 3.63. The van der Waals surface area contributed by atoms with Gasteiger partial charge < -0.3 is 9.84 Å². The van der Waals surface area contributed by atoms with Gasteiger partial charge >= 0.3 is 5.97 Å². The largest absolute Gasteiger partial charge is 0.481 e. The molecule has 2 aromatic rings. The Morgan fingerprint density at radius 2 is 2.29 bits per heavy atom. The van der Waals surface area contributed by atoms with Gasteiger partial charge in [-0.1, -0.05) is 24.3 Å². The summed E-state index contributed by atoms with van der Waals surface area (Å²) in [5.41, 5.74) is 2.78. The van der Waals surface area contributed by atoms with Crippen molar-refractivity contribution in [1.82, 2.24) is 4.98 Å². The Labute approximate surface area is 122 Å². The van der Waals surface area contributed by atoms with Crippen LogP contribution in [0.5, 0.6) is 11.6 Å². The lowest BCUT2D eigenvalue weighted by atomic mass is 9.92. The zero-order valence-corrected chi connectivity index (χ0v) is 11.5. The number of pyridine rings is 1. The van der Waals surface area contributed by atoms with Crippen LogP contribution in [0, 0.1) is 0 Å². The fraction of sp³-hybridized carbons (Fsp3) is 0.176. The number of nitrogens with zero attached hydrogens (tertiary/aromatic N) is 1. The van der Waals surface area contributed by atoms with E-state index in [4.69, 9.17) is 4.74 Å². The highest BCUT2D eigenvalue weighted by Gasteiger charge is 2.22. The molecule has 4 heteroatoms. The highest BCUT2D eigenvalue weighted by atomic mass is 16.5. The second-order valence-corrected chi connectivity index (χ2v) is 5.03. The Morgan fingerprint density at radius 1 is 1.43 bits per heavy atom. The van der Waals surface area contributed by atoms with Gasteiger partial charge in [-0.25, -0.2) is 4.98 Å². The molecule has 4 nitrogen and oxygen atoms in total. The molecule has 1 aromatic carbocycles. The molecule has 1 atom stereocenters. The average molecular weight is 281 g/mol. The van der Waals surface area contributed by atoms with Crippen molar-refractivity contribution in [2.45, 2.75) is 18.8 Å². The Bertz CT molecular complexity index is 709. The number of hydrogen-bond donors (Lipinski definition) is 1. The standard InChI is InChI=1S/C17H15NO3/c1-2-4-14(17(19)20)11-6-7-15-13(9-11)10-12-5-3-8-18-16(12)21-15/h2-3,5-9,14H,1,4,10H2,(H,19,20). The van der Waals surface area contributed by atoms with Gasteiger partial charge in [-0.05, 0) is 29.7 Å². The normalized spacial score (nSPS) is 13.5. The lowest BCUT2D eigenvalue weighted by Crippen LogP contribution is -2.12. The molecule has 21 heavy (non-hydrogen) atoms. The van der Waals surface area contributed by atoms with Gasteiger partial charge in [-0.3, -0.25) is 4.79 Å². The molecule has 0 saturated heterocycles. The zero-order chi connectivity index (χ0) is 14.8.